The first-order chi connectivity index (χ1) is 9.36. The molecule has 0 aliphatic heterocycles. The molecule has 2 aromatic rings. The van der Waals surface area contributed by atoms with Crippen molar-refractivity contribution in [2.45, 2.75) is 39.2 Å². The number of H-pyrrole nitrogens is 1. The summed E-state index contributed by atoms with van der Waals surface area (Å²) in [5, 5.41) is 4.86. The number of hydrogen-bond acceptors (Lipinski definition) is 4. The molecule has 0 spiro atoms. The van der Waals surface area contributed by atoms with E-state index in [0.717, 1.165) is 12.5 Å². The molecule has 6 nitrogen and oxygen atoms in total. The van der Waals surface area contributed by atoms with E-state index in [1.807, 2.05) is 16.6 Å². The maximum absolute atomic E-state index is 12.2. The van der Waals surface area contributed by atoms with Crippen molar-refractivity contribution in [2.24, 2.45) is 5.92 Å². The third kappa shape index (κ3) is 2.30. The largest absolute Gasteiger partial charge is 0.345 e. The van der Waals surface area contributed by atoms with Gasteiger partial charge in [-0.05, 0) is 39.5 Å². The van der Waals surface area contributed by atoms with E-state index in [-0.39, 0.29) is 11.1 Å². The Labute approximate surface area is 117 Å². The second kappa shape index (κ2) is 4.33. The van der Waals surface area contributed by atoms with Crippen molar-refractivity contribution in [1.29, 1.82) is 0 Å². The Morgan fingerprint density at radius 2 is 2.15 bits per heavy atom. The predicted octanol–water partition coefficient (Wildman–Crippen LogP) is 1.72. The summed E-state index contributed by atoms with van der Waals surface area (Å²) < 4.78 is 1.81. The molecule has 1 saturated carbocycles. The highest BCUT2D eigenvalue weighted by molar-refractivity contribution is 5.74. The summed E-state index contributed by atoms with van der Waals surface area (Å²) in [6, 6.07) is 0. The SMILES string of the molecule is CN(CC1CC1)c1nc2c(cnn2C(C)(C)C)c(=O)[nH]1. The van der Waals surface area contributed by atoms with E-state index < -0.39 is 0 Å². The van der Waals surface area contributed by atoms with Crippen molar-refractivity contribution < 1.29 is 0 Å². The van der Waals surface area contributed by atoms with Gasteiger partial charge < -0.3 is 4.90 Å². The van der Waals surface area contributed by atoms with E-state index in [0.29, 0.717) is 17.0 Å². The molecule has 20 heavy (non-hydrogen) atoms. The standard InChI is InChI=1S/C14H21N5O/c1-14(2,3)19-11-10(7-15-19)12(20)17-13(16-11)18(4)8-9-5-6-9/h7,9H,5-6,8H2,1-4H3,(H,16,17,20). The van der Waals surface area contributed by atoms with Crippen LogP contribution < -0.4 is 10.5 Å². The Kier molecular flexibility index (Phi) is 2.84. The molecule has 108 valence electrons. The molecule has 0 saturated heterocycles. The van der Waals surface area contributed by atoms with Gasteiger partial charge in [0, 0.05) is 13.6 Å². The van der Waals surface area contributed by atoms with Crippen LogP contribution in [0.5, 0.6) is 0 Å². The van der Waals surface area contributed by atoms with Crippen LogP contribution in [0.1, 0.15) is 33.6 Å². The van der Waals surface area contributed by atoms with Crippen LogP contribution in [0.3, 0.4) is 0 Å². The zero-order valence-corrected chi connectivity index (χ0v) is 12.5. The Hall–Kier alpha value is -1.85. The molecular formula is C14H21N5O. The van der Waals surface area contributed by atoms with Crippen LogP contribution in [0.4, 0.5) is 5.95 Å². The van der Waals surface area contributed by atoms with E-state index >= 15 is 0 Å². The molecule has 1 aliphatic rings. The van der Waals surface area contributed by atoms with Crippen LogP contribution in [-0.2, 0) is 5.54 Å². The molecule has 1 fully saturated rings. The molecule has 2 aromatic heterocycles. The van der Waals surface area contributed by atoms with Crippen LogP contribution in [0, 0.1) is 5.92 Å². The second-order valence-electron chi connectivity index (χ2n) is 6.68. The molecule has 6 heteroatoms. The van der Waals surface area contributed by atoms with Gasteiger partial charge >= 0.3 is 0 Å². The van der Waals surface area contributed by atoms with Gasteiger partial charge in [0.25, 0.3) is 5.56 Å². The molecule has 0 atom stereocenters. The summed E-state index contributed by atoms with van der Waals surface area (Å²) in [7, 11) is 1.97. The molecule has 3 rings (SSSR count). The molecule has 0 amide bonds. The lowest BCUT2D eigenvalue weighted by molar-refractivity contribution is 0.366. The maximum Gasteiger partial charge on any atom is 0.263 e. The van der Waals surface area contributed by atoms with Gasteiger partial charge in [-0.2, -0.15) is 10.1 Å². The Morgan fingerprint density at radius 3 is 2.75 bits per heavy atom. The van der Waals surface area contributed by atoms with Crippen LogP contribution in [-0.4, -0.2) is 33.3 Å². The highest BCUT2D eigenvalue weighted by Crippen LogP contribution is 2.30. The van der Waals surface area contributed by atoms with Crippen molar-refractivity contribution >= 4 is 17.0 Å². The highest BCUT2D eigenvalue weighted by atomic mass is 16.1. The quantitative estimate of drug-likeness (QED) is 0.926. The zero-order valence-electron chi connectivity index (χ0n) is 12.5. The summed E-state index contributed by atoms with van der Waals surface area (Å²) in [5.74, 6) is 1.37. The van der Waals surface area contributed by atoms with E-state index in [1.54, 1.807) is 6.20 Å². The van der Waals surface area contributed by atoms with Crippen LogP contribution >= 0.6 is 0 Å². The average Bonchev–Trinajstić information content (AvgIpc) is 3.03. The average molecular weight is 275 g/mol. The van der Waals surface area contributed by atoms with Crippen molar-refractivity contribution in [2.75, 3.05) is 18.5 Å². The van der Waals surface area contributed by atoms with Crippen molar-refractivity contribution in [1.82, 2.24) is 19.7 Å². The summed E-state index contributed by atoms with van der Waals surface area (Å²) in [5.41, 5.74) is 0.330. The molecule has 0 aromatic carbocycles. The van der Waals surface area contributed by atoms with Crippen LogP contribution in [0.15, 0.2) is 11.0 Å². The Morgan fingerprint density at radius 1 is 1.45 bits per heavy atom. The van der Waals surface area contributed by atoms with E-state index in [4.69, 9.17) is 0 Å². The molecule has 1 N–H and O–H groups in total. The predicted molar refractivity (Wildman–Crippen MR) is 79.1 cm³/mol. The van der Waals surface area contributed by atoms with Gasteiger partial charge in [-0.3, -0.25) is 9.78 Å². The first-order valence-corrected chi connectivity index (χ1v) is 7.06. The van der Waals surface area contributed by atoms with Gasteiger partial charge in [-0.15, -0.1) is 0 Å². The minimum absolute atomic E-state index is 0.122. The normalized spacial score (nSPS) is 15.8. The fourth-order valence-corrected chi connectivity index (χ4v) is 2.35. The summed E-state index contributed by atoms with van der Waals surface area (Å²) >= 11 is 0. The first-order valence-electron chi connectivity index (χ1n) is 7.06. The first kappa shape index (κ1) is 13.1. The molecular weight excluding hydrogens is 254 g/mol. The smallest absolute Gasteiger partial charge is 0.263 e. The summed E-state index contributed by atoms with van der Waals surface area (Å²) in [6.07, 6.45) is 4.14. The lowest BCUT2D eigenvalue weighted by Crippen LogP contribution is -2.27. The van der Waals surface area contributed by atoms with Gasteiger partial charge in [0.1, 0.15) is 5.39 Å². The molecule has 2 heterocycles. The zero-order chi connectivity index (χ0) is 14.5. The number of aromatic amines is 1. The fraction of sp³-hybridized carbons (Fsp3) is 0.643. The van der Waals surface area contributed by atoms with Gasteiger partial charge in [-0.1, -0.05) is 0 Å². The Bertz CT molecular complexity index is 690. The molecule has 0 unspecified atom stereocenters. The van der Waals surface area contributed by atoms with Crippen LogP contribution in [0.2, 0.25) is 0 Å². The van der Waals surface area contributed by atoms with Gasteiger partial charge in [0.2, 0.25) is 5.95 Å². The molecule has 0 bridgehead atoms. The number of aromatic nitrogens is 4. The van der Waals surface area contributed by atoms with Crippen molar-refractivity contribution in [3.8, 4) is 0 Å². The van der Waals surface area contributed by atoms with Gasteiger partial charge in [0.05, 0.1) is 11.7 Å². The number of nitrogens with zero attached hydrogens (tertiary/aromatic N) is 4. The monoisotopic (exact) mass is 275 g/mol. The van der Waals surface area contributed by atoms with E-state index in [2.05, 4.69) is 35.8 Å². The number of anilines is 1. The fourth-order valence-electron chi connectivity index (χ4n) is 2.35. The number of hydrogen-bond donors (Lipinski definition) is 1. The maximum atomic E-state index is 12.2. The number of rotatable bonds is 3. The molecule has 1 aliphatic carbocycles. The lowest BCUT2D eigenvalue weighted by Gasteiger charge is -2.21. The summed E-state index contributed by atoms with van der Waals surface area (Å²) in [4.78, 5) is 21.7. The van der Waals surface area contributed by atoms with E-state index in [1.165, 1.54) is 12.8 Å². The summed E-state index contributed by atoms with van der Waals surface area (Å²) in [6.45, 7) is 7.10. The third-order valence-corrected chi connectivity index (χ3v) is 3.65. The third-order valence-electron chi connectivity index (χ3n) is 3.65. The minimum atomic E-state index is -0.200. The Balaban J connectivity index is 2.08. The lowest BCUT2D eigenvalue weighted by atomic mass is 10.1. The second-order valence-corrected chi connectivity index (χ2v) is 6.68. The number of fused-ring (bicyclic) bond motifs is 1. The highest BCUT2D eigenvalue weighted by Gasteiger charge is 2.25. The number of nitrogens with one attached hydrogen (secondary N) is 1. The van der Waals surface area contributed by atoms with Gasteiger partial charge in [0.15, 0.2) is 5.65 Å². The van der Waals surface area contributed by atoms with Crippen molar-refractivity contribution in [3.05, 3.63) is 16.6 Å². The van der Waals surface area contributed by atoms with E-state index in [9.17, 15) is 4.79 Å². The minimum Gasteiger partial charge on any atom is -0.345 e. The molecule has 0 radical (unpaired) electrons. The topological polar surface area (TPSA) is 66.8 Å². The van der Waals surface area contributed by atoms with Crippen molar-refractivity contribution in [3.63, 3.8) is 0 Å². The van der Waals surface area contributed by atoms with Crippen LogP contribution in [0.25, 0.3) is 11.0 Å². The van der Waals surface area contributed by atoms with Gasteiger partial charge in [-0.25, -0.2) is 4.68 Å².